The van der Waals surface area contributed by atoms with Crippen LogP contribution in [-0.4, -0.2) is 31.4 Å². The smallest absolute Gasteiger partial charge is 0.224 e. The number of thioether (sulfide) groups is 1. The van der Waals surface area contributed by atoms with Gasteiger partial charge in [0, 0.05) is 17.5 Å². The summed E-state index contributed by atoms with van der Waals surface area (Å²) >= 11 is 1.77. The molecule has 0 fully saturated rings. The van der Waals surface area contributed by atoms with Gasteiger partial charge in [0.15, 0.2) is 0 Å². The number of nitrogens with one attached hydrogen (secondary N) is 1. The number of amides is 1. The van der Waals surface area contributed by atoms with Gasteiger partial charge in [0.25, 0.3) is 0 Å². The molecule has 0 bridgehead atoms. The van der Waals surface area contributed by atoms with Crippen molar-refractivity contribution in [2.45, 2.75) is 59.8 Å². The molecule has 1 N–H and O–H groups in total. The molecule has 3 rings (SSSR count). The molecule has 0 saturated carbocycles. The van der Waals surface area contributed by atoms with E-state index in [1.165, 1.54) is 4.90 Å². The fourth-order valence-electron chi connectivity index (χ4n) is 2.37. The van der Waals surface area contributed by atoms with Crippen molar-refractivity contribution >= 4 is 23.4 Å². The molecule has 0 aliphatic carbocycles. The second kappa shape index (κ2) is 22.8. The molecule has 194 valence electrons. The second-order valence-electron chi connectivity index (χ2n) is 6.45. The van der Waals surface area contributed by atoms with Crippen LogP contribution < -0.4 is 14.8 Å². The minimum atomic E-state index is 0.0195. The van der Waals surface area contributed by atoms with Gasteiger partial charge >= 0.3 is 0 Å². The maximum atomic E-state index is 11.0. The van der Waals surface area contributed by atoms with Crippen LogP contribution in [0.4, 0.5) is 5.69 Å². The molecule has 0 unspecified atom stereocenters. The number of anilines is 1. The SMILES string of the molecule is CC.CC.CCC(=O)Nc1cnccc1C.COc1ccc(OC)c(C)c1.CSc1ccccc1. The molecule has 1 amide bonds. The van der Waals surface area contributed by atoms with Crippen LogP contribution in [0.15, 0.2) is 71.9 Å². The fraction of sp³-hybridized carbons (Fsp3) is 0.379. The highest BCUT2D eigenvalue weighted by molar-refractivity contribution is 7.98. The van der Waals surface area contributed by atoms with Gasteiger partial charge in [-0.2, -0.15) is 0 Å². The quantitative estimate of drug-likeness (QED) is 0.358. The highest BCUT2D eigenvalue weighted by atomic mass is 32.2. The summed E-state index contributed by atoms with van der Waals surface area (Å²) < 4.78 is 10.1. The number of aryl methyl sites for hydroxylation is 2. The molecule has 5 nitrogen and oxygen atoms in total. The van der Waals surface area contributed by atoms with Crippen LogP contribution in [0, 0.1) is 13.8 Å². The van der Waals surface area contributed by atoms with Crippen LogP contribution in [0.2, 0.25) is 0 Å². The van der Waals surface area contributed by atoms with Crippen molar-refractivity contribution in [3.05, 3.63) is 78.1 Å². The van der Waals surface area contributed by atoms with E-state index in [2.05, 4.69) is 28.7 Å². The Hall–Kier alpha value is -2.99. The first-order valence-electron chi connectivity index (χ1n) is 11.9. The molecule has 0 spiro atoms. The van der Waals surface area contributed by atoms with Gasteiger partial charge in [-0.1, -0.05) is 52.8 Å². The topological polar surface area (TPSA) is 60.5 Å². The van der Waals surface area contributed by atoms with Gasteiger partial charge in [-0.25, -0.2) is 0 Å². The molecule has 0 atom stereocenters. The monoisotopic (exact) mass is 500 g/mol. The lowest BCUT2D eigenvalue weighted by molar-refractivity contribution is -0.115. The van der Waals surface area contributed by atoms with Crippen molar-refractivity contribution in [3.63, 3.8) is 0 Å². The molecule has 6 heteroatoms. The fourth-order valence-corrected chi connectivity index (χ4v) is 2.80. The number of hydrogen-bond acceptors (Lipinski definition) is 5. The van der Waals surface area contributed by atoms with Gasteiger partial charge < -0.3 is 14.8 Å². The van der Waals surface area contributed by atoms with Gasteiger partial charge in [0.1, 0.15) is 11.5 Å². The Labute approximate surface area is 217 Å². The lowest BCUT2D eigenvalue weighted by atomic mass is 10.2. The number of benzene rings is 2. The number of carbonyl (C=O) groups is 1. The summed E-state index contributed by atoms with van der Waals surface area (Å²) in [6, 6.07) is 17.9. The summed E-state index contributed by atoms with van der Waals surface area (Å²) in [5, 5.41) is 2.76. The molecule has 2 aromatic carbocycles. The zero-order valence-corrected chi connectivity index (χ0v) is 24.0. The number of pyridine rings is 1. The standard InChI is InChI=1S/C9H12N2O.C9H12O2.C7H8S.2C2H6/c1-3-9(12)11-8-6-10-5-4-7(8)2;1-7-6-8(10-2)4-5-9(7)11-3;1-8-7-5-3-2-4-6-7;2*1-2/h4-6H,3H2,1-2H3,(H,11,12);4-6H,1-3H3;2-6H,1H3;2*1-2H3. The number of ether oxygens (including phenoxy) is 2. The van der Waals surface area contributed by atoms with Gasteiger partial charge in [-0.3, -0.25) is 9.78 Å². The Morgan fingerprint density at radius 1 is 0.914 bits per heavy atom. The number of aromatic nitrogens is 1. The third kappa shape index (κ3) is 15.5. The van der Waals surface area contributed by atoms with Gasteiger partial charge in [-0.15, -0.1) is 11.8 Å². The Morgan fingerprint density at radius 3 is 1.97 bits per heavy atom. The minimum Gasteiger partial charge on any atom is -0.497 e. The highest BCUT2D eigenvalue weighted by Crippen LogP contribution is 2.22. The van der Waals surface area contributed by atoms with E-state index in [-0.39, 0.29) is 5.91 Å². The number of carbonyl (C=O) groups excluding carboxylic acids is 1. The van der Waals surface area contributed by atoms with Crippen molar-refractivity contribution in [1.82, 2.24) is 4.98 Å². The van der Waals surface area contributed by atoms with E-state index in [0.29, 0.717) is 6.42 Å². The molecule has 35 heavy (non-hydrogen) atoms. The summed E-state index contributed by atoms with van der Waals surface area (Å²) in [6.07, 6.45) is 5.93. The maximum absolute atomic E-state index is 11.0. The average Bonchev–Trinajstić information content (AvgIpc) is 2.93. The summed E-state index contributed by atoms with van der Waals surface area (Å²) in [5.74, 6) is 1.78. The zero-order chi connectivity index (χ0) is 27.1. The average molecular weight is 501 g/mol. The highest BCUT2D eigenvalue weighted by Gasteiger charge is 2.00. The van der Waals surface area contributed by atoms with E-state index in [9.17, 15) is 4.79 Å². The summed E-state index contributed by atoms with van der Waals surface area (Å²) in [4.78, 5) is 16.2. The zero-order valence-electron chi connectivity index (χ0n) is 23.1. The molecule has 0 aliphatic heterocycles. The number of methoxy groups -OCH3 is 2. The van der Waals surface area contributed by atoms with E-state index in [1.54, 1.807) is 38.4 Å². The van der Waals surface area contributed by atoms with Crippen molar-refractivity contribution in [2.24, 2.45) is 0 Å². The van der Waals surface area contributed by atoms with Crippen LogP contribution in [0.3, 0.4) is 0 Å². The Morgan fingerprint density at radius 2 is 1.54 bits per heavy atom. The summed E-state index contributed by atoms with van der Waals surface area (Å²) in [6.45, 7) is 13.7. The Bertz CT molecular complexity index is 919. The Kier molecular flexibility index (Phi) is 22.3. The van der Waals surface area contributed by atoms with E-state index < -0.39 is 0 Å². The van der Waals surface area contributed by atoms with Crippen LogP contribution >= 0.6 is 11.8 Å². The molecule has 0 saturated heterocycles. The summed E-state index contributed by atoms with van der Waals surface area (Å²) in [7, 11) is 3.32. The molecule has 3 aromatic rings. The largest absolute Gasteiger partial charge is 0.497 e. The van der Waals surface area contributed by atoms with Gasteiger partial charge in [0.05, 0.1) is 26.1 Å². The minimum absolute atomic E-state index is 0.0195. The van der Waals surface area contributed by atoms with Gasteiger partial charge in [-0.05, 0) is 67.6 Å². The van der Waals surface area contributed by atoms with E-state index in [0.717, 1.165) is 28.3 Å². The molecular weight excluding hydrogens is 456 g/mol. The molecule has 0 aliphatic rings. The second-order valence-corrected chi connectivity index (χ2v) is 7.32. The van der Waals surface area contributed by atoms with Crippen molar-refractivity contribution in [2.75, 3.05) is 25.8 Å². The molecule has 0 radical (unpaired) electrons. The third-order valence-electron chi connectivity index (χ3n) is 4.22. The van der Waals surface area contributed by atoms with Gasteiger partial charge in [0.2, 0.25) is 5.91 Å². The van der Waals surface area contributed by atoms with Crippen LogP contribution in [0.1, 0.15) is 52.2 Å². The van der Waals surface area contributed by atoms with Crippen LogP contribution in [0.25, 0.3) is 0 Å². The molecule has 1 heterocycles. The van der Waals surface area contributed by atoms with Crippen LogP contribution in [0.5, 0.6) is 11.5 Å². The lowest BCUT2D eigenvalue weighted by Gasteiger charge is -2.05. The maximum Gasteiger partial charge on any atom is 0.224 e. The normalized spacial score (nSPS) is 8.63. The lowest BCUT2D eigenvalue weighted by Crippen LogP contribution is -2.10. The molecule has 1 aromatic heterocycles. The predicted molar refractivity (Wildman–Crippen MR) is 153 cm³/mol. The Balaban J connectivity index is 0. The first-order valence-corrected chi connectivity index (χ1v) is 13.2. The first-order chi connectivity index (χ1) is 16.9. The van der Waals surface area contributed by atoms with E-state index in [1.807, 2.05) is 90.9 Å². The number of rotatable bonds is 5. The number of nitrogens with zero attached hydrogens (tertiary/aromatic N) is 1. The number of hydrogen-bond donors (Lipinski definition) is 1. The van der Waals surface area contributed by atoms with Crippen molar-refractivity contribution < 1.29 is 14.3 Å². The van der Waals surface area contributed by atoms with E-state index in [4.69, 9.17) is 9.47 Å². The molecular formula is C29H44N2O3S. The third-order valence-corrected chi connectivity index (χ3v) is 4.96. The van der Waals surface area contributed by atoms with Crippen molar-refractivity contribution in [1.29, 1.82) is 0 Å². The predicted octanol–water partition coefficient (Wildman–Crippen LogP) is 8.21. The van der Waals surface area contributed by atoms with Crippen LogP contribution in [-0.2, 0) is 4.79 Å². The van der Waals surface area contributed by atoms with E-state index >= 15 is 0 Å². The van der Waals surface area contributed by atoms with Crippen molar-refractivity contribution in [3.8, 4) is 11.5 Å². The first kappa shape index (κ1) is 34.2. The summed E-state index contributed by atoms with van der Waals surface area (Å²) in [5.41, 5.74) is 2.92.